The molecule has 0 bridgehead atoms. The Labute approximate surface area is 88.0 Å². The molecule has 0 aliphatic rings. The van der Waals surface area contributed by atoms with Crippen LogP contribution in [0.15, 0.2) is 41.4 Å². The van der Waals surface area contributed by atoms with E-state index in [4.69, 9.17) is 0 Å². The normalized spacial score (nSPS) is 12.5. The van der Waals surface area contributed by atoms with Gasteiger partial charge in [0.05, 0.1) is 0 Å². The summed E-state index contributed by atoms with van der Waals surface area (Å²) in [6.07, 6.45) is 2.88. The lowest BCUT2D eigenvalue weighted by Gasteiger charge is -2.14. The van der Waals surface area contributed by atoms with Crippen molar-refractivity contribution in [3.63, 3.8) is 0 Å². The minimum absolute atomic E-state index is 0.370. The molecule has 0 aliphatic heterocycles. The summed E-state index contributed by atoms with van der Waals surface area (Å²) in [5, 5.41) is 3.25. The van der Waals surface area contributed by atoms with E-state index in [2.05, 4.69) is 40.0 Å². The van der Waals surface area contributed by atoms with Gasteiger partial charge in [0.2, 0.25) is 0 Å². The van der Waals surface area contributed by atoms with Gasteiger partial charge in [0.1, 0.15) is 0 Å². The number of hydrogen-bond acceptors (Lipinski definition) is 1. The highest BCUT2D eigenvalue weighted by Crippen LogP contribution is 2.20. The van der Waals surface area contributed by atoms with Crippen LogP contribution in [0.2, 0.25) is 0 Å². The molecule has 0 amide bonds. The van der Waals surface area contributed by atoms with Crippen LogP contribution in [-0.4, -0.2) is 7.05 Å². The molecule has 1 nitrogen and oxygen atoms in total. The van der Waals surface area contributed by atoms with Crippen molar-refractivity contribution in [1.29, 1.82) is 0 Å². The monoisotopic (exact) mass is 239 g/mol. The van der Waals surface area contributed by atoms with Gasteiger partial charge in [0.15, 0.2) is 0 Å². The van der Waals surface area contributed by atoms with E-state index in [1.807, 2.05) is 25.3 Å². The van der Waals surface area contributed by atoms with Crippen LogP contribution >= 0.6 is 15.9 Å². The Morgan fingerprint density at radius 3 is 2.92 bits per heavy atom. The van der Waals surface area contributed by atoms with Crippen molar-refractivity contribution in [2.45, 2.75) is 12.5 Å². The molecular formula is C11H14BrN. The van der Waals surface area contributed by atoms with E-state index in [1.165, 1.54) is 5.56 Å². The summed E-state index contributed by atoms with van der Waals surface area (Å²) in [5.41, 5.74) is 1.29. The quantitative estimate of drug-likeness (QED) is 0.796. The van der Waals surface area contributed by atoms with Gasteiger partial charge in [-0.05, 0) is 31.2 Å². The second kappa shape index (κ2) is 5.20. The third kappa shape index (κ3) is 2.98. The Morgan fingerprint density at radius 1 is 1.62 bits per heavy atom. The van der Waals surface area contributed by atoms with Gasteiger partial charge in [-0.3, -0.25) is 0 Å². The lowest BCUT2D eigenvalue weighted by atomic mass is 10.0. The molecule has 0 heterocycles. The van der Waals surface area contributed by atoms with Gasteiger partial charge in [0.25, 0.3) is 0 Å². The lowest BCUT2D eigenvalue weighted by Crippen LogP contribution is -2.15. The maximum absolute atomic E-state index is 3.74. The summed E-state index contributed by atoms with van der Waals surface area (Å²) in [6.45, 7) is 3.74. The van der Waals surface area contributed by atoms with E-state index in [0.29, 0.717) is 6.04 Å². The zero-order valence-corrected chi connectivity index (χ0v) is 9.34. The average Bonchev–Trinajstić information content (AvgIpc) is 2.14. The first-order chi connectivity index (χ1) is 6.27. The SMILES string of the molecule is C=CCC(NC)c1cccc(Br)c1. The molecule has 1 rings (SSSR count). The van der Waals surface area contributed by atoms with Crippen LogP contribution in [0.5, 0.6) is 0 Å². The second-order valence-electron chi connectivity index (χ2n) is 2.92. The van der Waals surface area contributed by atoms with Crippen LogP contribution in [0.25, 0.3) is 0 Å². The van der Waals surface area contributed by atoms with E-state index < -0.39 is 0 Å². The van der Waals surface area contributed by atoms with Gasteiger partial charge in [-0.25, -0.2) is 0 Å². The molecule has 0 saturated carbocycles. The number of benzene rings is 1. The van der Waals surface area contributed by atoms with Crippen LogP contribution in [0.3, 0.4) is 0 Å². The summed E-state index contributed by atoms with van der Waals surface area (Å²) in [6, 6.07) is 8.70. The molecule has 1 unspecified atom stereocenters. The number of nitrogens with one attached hydrogen (secondary N) is 1. The molecule has 1 aromatic carbocycles. The van der Waals surface area contributed by atoms with Crippen molar-refractivity contribution < 1.29 is 0 Å². The number of rotatable bonds is 4. The van der Waals surface area contributed by atoms with Crippen molar-refractivity contribution in [2.24, 2.45) is 0 Å². The van der Waals surface area contributed by atoms with E-state index in [-0.39, 0.29) is 0 Å². The molecule has 1 atom stereocenters. The molecule has 70 valence electrons. The van der Waals surface area contributed by atoms with E-state index in [1.54, 1.807) is 0 Å². The Hall–Kier alpha value is -0.600. The van der Waals surface area contributed by atoms with Crippen molar-refractivity contribution in [3.05, 3.63) is 47.0 Å². The molecule has 1 N–H and O–H groups in total. The first-order valence-corrected chi connectivity index (χ1v) is 5.11. The Kier molecular flexibility index (Phi) is 4.19. The van der Waals surface area contributed by atoms with Crippen molar-refractivity contribution in [3.8, 4) is 0 Å². The molecule has 0 radical (unpaired) electrons. The molecule has 0 aromatic heterocycles. The summed E-state index contributed by atoms with van der Waals surface area (Å²) in [5.74, 6) is 0. The molecule has 13 heavy (non-hydrogen) atoms. The number of halogens is 1. The van der Waals surface area contributed by atoms with Crippen LogP contribution in [0.1, 0.15) is 18.0 Å². The maximum atomic E-state index is 3.74. The first kappa shape index (κ1) is 10.5. The topological polar surface area (TPSA) is 12.0 Å². The zero-order valence-electron chi connectivity index (χ0n) is 7.76. The second-order valence-corrected chi connectivity index (χ2v) is 3.84. The third-order valence-electron chi connectivity index (χ3n) is 2.00. The van der Waals surface area contributed by atoms with Crippen LogP contribution in [0, 0.1) is 0 Å². The maximum Gasteiger partial charge on any atom is 0.0352 e. The molecule has 0 aliphatic carbocycles. The van der Waals surface area contributed by atoms with Crippen molar-refractivity contribution in [1.82, 2.24) is 5.32 Å². The average molecular weight is 240 g/mol. The van der Waals surface area contributed by atoms with Gasteiger partial charge in [-0.1, -0.05) is 34.1 Å². The largest absolute Gasteiger partial charge is 0.313 e. The van der Waals surface area contributed by atoms with Gasteiger partial charge < -0.3 is 5.32 Å². The van der Waals surface area contributed by atoms with Crippen LogP contribution in [-0.2, 0) is 0 Å². The third-order valence-corrected chi connectivity index (χ3v) is 2.50. The highest BCUT2D eigenvalue weighted by Gasteiger charge is 2.06. The Balaban J connectivity index is 2.84. The van der Waals surface area contributed by atoms with Crippen molar-refractivity contribution in [2.75, 3.05) is 7.05 Å². The fraction of sp³-hybridized carbons (Fsp3) is 0.273. The molecule has 2 heteroatoms. The smallest absolute Gasteiger partial charge is 0.0352 e. The fourth-order valence-electron chi connectivity index (χ4n) is 1.31. The van der Waals surface area contributed by atoms with Gasteiger partial charge in [-0.15, -0.1) is 6.58 Å². The lowest BCUT2D eigenvalue weighted by molar-refractivity contribution is 0.603. The Morgan fingerprint density at radius 2 is 2.38 bits per heavy atom. The summed E-state index contributed by atoms with van der Waals surface area (Å²) in [7, 11) is 1.97. The minimum Gasteiger partial charge on any atom is -0.313 e. The summed E-state index contributed by atoms with van der Waals surface area (Å²) < 4.78 is 1.12. The predicted molar refractivity (Wildman–Crippen MR) is 60.8 cm³/mol. The van der Waals surface area contributed by atoms with Crippen molar-refractivity contribution >= 4 is 15.9 Å². The molecule has 0 saturated heterocycles. The Bertz CT molecular complexity index is 283. The molecule has 1 aromatic rings. The van der Waals surface area contributed by atoms with E-state index >= 15 is 0 Å². The summed E-state index contributed by atoms with van der Waals surface area (Å²) >= 11 is 3.46. The van der Waals surface area contributed by atoms with Crippen LogP contribution < -0.4 is 5.32 Å². The number of hydrogen-bond donors (Lipinski definition) is 1. The van der Waals surface area contributed by atoms with E-state index in [9.17, 15) is 0 Å². The standard InChI is InChI=1S/C11H14BrN/c1-3-5-11(13-2)9-6-4-7-10(12)8-9/h3-4,6-8,11,13H,1,5H2,2H3. The summed E-state index contributed by atoms with van der Waals surface area (Å²) in [4.78, 5) is 0. The van der Waals surface area contributed by atoms with Crippen LogP contribution in [0.4, 0.5) is 0 Å². The minimum atomic E-state index is 0.370. The molecule has 0 fully saturated rings. The van der Waals surface area contributed by atoms with Gasteiger partial charge in [-0.2, -0.15) is 0 Å². The van der Waals surface area contributed by atoms with E-state index in [0.717, 1.165) is 10.9 Å². The predicted octanol–water partition coefficient (Wildman–Crippen LogP) is 3.29. The molecule has 0 spiro atoms. The highest BCUT2D eigenvalue weighted by molar-refractivity contribution is 9.10. The zero-order chi connectivity index (χ0) is 9.68. The highest BCUT2D eigenvalue weighted by atomic mass is 79.9. The van der Waals surface area contributed by atoms with Gasteiger partial charge >= 0.3 is 0 Å². The van der Waals surface area contributed by atoms with Gasteiger partial charge in [0, 0.05) is 10.5 Å². The molecular weight excluding hydrogens is 226 g/mol. The first-order valence-electron chi connectivity index (χ1n) is 4.31. The fourth-order valence-corrected chi connectivity index (χ4v) is 1.73.